The minimum atomic E-state index is 0.502. The fraction of sp³-hybridized carbons (Fsp3) is 0. The average molecular weight is 590 g/mol. The van der Waals surface area contributed by atoms with Crippen molar-refractivity contribution >= 4 is 10.9 Å². The van der Waals surface area contributed by atoms with Crippen LogP contribution in [-0.4, -0.2) is 34.9 Å². The first-order valence-electron chi connectivity index (χ1n) is 15.0. The zero-order valence-corrected chi connectivity index (χ0v) is 24.4. The van der Waals surface area contributed by atoms with Gasteiger partial charge in [0, 0.05) is 33.2 Å². The van der Waals surface area contributed by atoms with E-state index in [1.165, 1.54) is 0 Å². The second kappa shape index (κ2) is 10.6. The number of pyridine rings is 1. The number of hydrogen-bond acceptors (Lipinski definition) is 7. The summed E-state index contributed by atoms with van der Waals surface area (Å²) in [5.74, 6) is 3.44. The summed E-state index contributed by atoms with van der Waals surface area (Å²) in [4.78, 5) is 34.7. The summed E-state index contributed by atoms with van der Waals surface area (Å²) in [6.07, 6.45) is 0. The summed E-state index contributed by atoms with van der Waals surface area (Å²) >= 11 is 0. The van der Waals surface area contributed by atoms with Crippen molar-refractivity contribution in [1.82, 2.24) is 34.9 Å². The molecule has 0 aliphatic carbocycles. The van der Waals surface area contributed by atoms with Crippen LogP contribution in [0.4, 0.5) is 0 Å². The highest BCUT2D eigenvalue weighted by Gasteiger charge is 2.17. The topological polar surface area (TPSA) is 90.2 Å². The van der Waals surface area contributed by atoms with Crippen LogP contribution in [0.2, 0.25) is 0 Å². The van der Waals surface area contributed by atoms with Gasteiger partial charge in [-0.25, -0.2) is 34.9 Å². The van der Waals surface area contributed by atoms with E-state index >= 15 is 0 Å². The van der Waals surface area contributed by atoms with Gasteiger partial charge in [-0.2, -0.15) is 0 Å². The van der Waals surface area contributed by atoms with E-state index in [9.17, 15) is 0 Å². The van der Waals surface area contributed by atoms with Gasteiger partial charge >= 0.3 is 0 Å². The van der Waals surface area contributed by atoms with Crippen molar-refractivity contribution in [2.75, 3.05) is 0 Å². The molecule has 46 heavy (non-hydrogen) atoms. The van der Waals surface area contributed by atoms with Crippen LogP contribution in [-0.2, 0) is 0 Å². The lowest BCUT2D eigenvalue weighted by Gasteiger charge is -2.10. The molecular weight excluding hydrogens is 566 g/mol. The van der Waals surface area contributed by atoms with E-state index in [1.54, 1.807) is 0 Å². The number of benzene rings is 5. The number of nitrogens with zero attached hydrogens (tertiary/aromatic N) is 7. The van der Waals surface area contributed by atoms with Crippen LogP contribution in [0.1, 0.15) is 0 Å². The van der Waals surface area contributed by atoms with Crippen LogP contribution < -0.4 is 0 Å². The fourth-order valence-corrected chi connectivity index (χ4v) is 5.74. The largest absolute Gasteiger partial charge is 0.244 e. The third kappa shape index (κ3) is 4.67. The Morgan fingerprint density at radius 3 is 1.22 bits per heavy atom. The van der Waals surface area contributed by atoms with Crippen molar-refractivity contribution in [2.45, 2.75) is 0 Å². The van der Waals surface area contributed by atoms with E-state index in [4.69, 9.17) is 34.9 Å². The summed E-state index contributed by atoms with van der Waals surface area (Å²) in [5, 5.41) is 0.987. The molecule has 0 atom stereocenters. The molecule has 7 nitrogen and oxygen atoms in total. The molecule has 11 bridgehead atoms. The highest BCUT2D eigenvalue weighted by atomic mass is 15.1. The normalized spacial score (nSPS) is 11.5. The Hall–Kier alpha value is -6.47. The van der Waals surface area contributed by atoms with Gasteiger partial charge in [0.1, 0.15) is 5.69 Å². The second-order valence-electron chi connectivity index (χ2n) is 11.1. The van der Waals surface area contributed by atoms with Crippen LogP contribution in [0.15, 0.2) is 140 Å². The molecule has 8 aromatic rings. The van der Waals surface area contributed by atoms with Crippen molar-refractivity contribution in [2.24, 2.45) is 0 Å². The molecule has 0 spiro atoms. The maximum absolute atomic E-state index is 5.05. The van der Waals surface area contributed by atoms with Crippen LogP contribution in [0.3, 0.4) is 0 Å². The lowest BCUT2D eigenvalue weighted by molar-refractivity contribution is 1.06. The van der Waals surface area contributed by atoms with Gasteiger partial charge in [-0.1, -0.05) is 115 Å². The maximum Gasteiger partial charge on any atom is 0.182 e. The van der Waals surface area contributed by atoms with Crippen LogP contribution in [0.25, 0.3) is 90.5 Å². The van der Waals surface area contributed by atoms with Gasteiger partial charge in [0.25, 0.3) is 0 Å². The fourth-order valence-electron chi connectivity index (χ4n) is 5.74. The number of fused-ring (bicyclic) bond motifs is 15. The monoisotopic (exact) mass is 589 g/mol. The number of aromatic nitrogens is 7. The van der Waals surface area contributed by atoms with Gasteiger partial charge in [-0.3, -0.25) is 0 Å². The molecule has 0 radical (unpaired) electrons. The predicted octanol–water partition coefficient (Wildman–Crippen LogP) is 8.59. The van der Waals surface area contributed by atoms with Gasteiger partial charge < -0.3 is 0 Å². The highest BCUT2D eigenvalue weighted by Crippen LogP contribution is 2.32. The first kappa shape index (κ1) is 26.0. The quantitative estimate of drug-likeness (QED) is 0.199. The Labute approximate surface area is 264 Å². The van der Waals surface area contributed by atoms with Gasteiger partial charge in [0.05, 0.1) is 5.52 Å². The van der Waals surface area contributed by atoms with Crippen LogP contribution in [0.5, 0.6) is 0 Å². The molecule has 214 valence electrons. The van der Waals surface area contributed by atoms with E-state index in [0.29, 0.717) is 40.6 Å². The Morgan fingerprint density at radius 2 is 0.674 bits per heavy atom. The molecule has 9 rings (SSSR count). The molecule has 5 aromatic carbocycles. The first-order chi connectivity index (χ1) is 22.7. The zero-order chi connectivity index (χ0) is 30.5. The molecule has 7 heteroatoms. The van der Waals surface area contributed by atoms with Crippen molar-refractivity contribution in [1.29, 1.82) is 0 Å². The minimum Gasteiger partial charge on any atom is -0.244 e. The highest BCUT2D eigenvalue weighted by molar-refractivity contribution is 5.85. The molecule has 1 aliphatic heterocycles. The molecule has 0 saturated carbocycles. The predicted molar refractivity (Wildman–Crippen MR) is 180 cm³/mol. The van der Waals surface area contributed by atoms with E-state index < -0.39 is 0 Å². The van der Waals surface area contributed by atoms with Crippen LogP contribution in [0, 0.1) is 0 Å². The van der Waals surface area contributed by atoms with Crippen molar-refractivity contribution in [3.05, 3.63) is 140 Å². The molecular formula is C39H23N7. The van der Waals surface area contributed by atoms with Gasteiger partial charge in [0.2, 0.25) is 0 Å². The molecule has 0 amide bonds. The molecule has 0 N–H and O–H groups in total. The molecule has 0 fully saturated rings. The summed E-state index contributed by atoms with van der Waals surface area (Å²) in [7, 11) is 0. The van der Waals surface area contributed by atoms with Crippen molar-refractivity contribution in [3.63, 3.8) is 0 Å². The number of rotatable bonds is 2. The van der Waals surface area contributed by atoms with Gasteiger partial charge in [-0.05, 0) is 35.4 Å². The van der Waals surface area contributed by atoms with Crippen molar-refractivity contribution in [3.8, 4) is 79.6 Å². The Morgan fingerprint density at radius 1 is 0.261 bits per heavy atom. The van der Waals surface area contributed by atoms with E-state index in [1.807, 2.05) is 115 Å². The molecule has 1 aliphatic rings. The second-order valence-corrected chi connectivity index (χ2v) is 11.1. The summed E-state index contributed by atoms with van der Waals surface area (Å²) in [6, 6.07) is 46.6. The SMILES string of the molecule is c1ccc(-c2nc3nc(n2)-c2ccc4ccc(nc4c2)-c2nc(-c4ccccc4)nc(n2)-c2cccc(c2)-c2cccc-3c2)cc1. The smallest absolute Gasteiger partial charge is 0.182 e. The van der Waals surface area contributed by atoms with E-state index in [0.717, 1.165) is 49.8 Å². The third-order valence-electron chi connectivity index (χ3n) is 8.09. The summed E-state index contributed by atoms with van der Waals surface area (Å²) < 4.78 is 0. The minimum absolute atomic E-state index is 0.502. The molecule has 4 heterocycles. The van der Waals surface area contributed by atoms with Gasteiger partial charge in [-0.15, -0.1) is 0 Å². The lowest BCUT2D eigenvalue weighted by atomic mass is 10.0. The Balaban J connectivity index is 1.34. The maximum atomic E-state index is 5.05. The third-order valence-corrected chi connectivity index (χ3v) is 8.09. The molecule has 3 aromatic heterocycles. The zero-order valence-electron chi connectivity index (χ0n) is 24.4. The Kier molecular flexibility index (Phi) is 5.99. The standard InChI is InChI=1S/C39H23N7/c1-3-9-25(10-4-1)34-41-36-29-15-7-13-27(21-29)28-14-8-16-30(22-28)37-43-35(26-11-5-2-6-12-26)45-39(46-37)32-20-19-24-17-18-31(23-33(24)40-32)38(42-34)44-36/h1-23H. The number of hydrogen-bond donors (Lipinski definition) is 0. The van der Waals surface area contributed by atoms with Gasteiger partial charge in [0.15, 0.2) is 34.9 Å². The first-order valence-corrected chi connectivity index (χ1v) is 15.0. The molecule has 0 saturated heterocycles. The van der Waals surface area contributed by atoms with E-state index in [2.05, 4.69) is 24.3 Å². The van der Waals surface area contributed by atoms with Crippen molar-refractivity contribution < 1.29 is 0 Å². The summed E-state index contributed by atoms with van der Waals surface area (Å²) in [5.41, 5.74) is 7.92. The molecule has 0 unspecified atom stereocenters. The lowest BCUT2D eigenvalue weighted by Crippen LogP contribution is -2.01. The Bertz CT molecular complexity index is 2260. The average Bonchev–Trinajstić information content (AvgIpc) is 3.14. The van der Waals surface area contributed by atoms with E-state index in [-0.39, 0.29) is 0 Å². The summed E-state index contributed by atoms with van der Waals surface area (Å²) in [6.45, 7) is 0. The van der Waals surface area contributed by atoms with Crippen LogP contribution >= 0.6 is 0 Å².